The molecule has 150 valence electrons. The van der Waals surface area contributed by atoms with Gasteiger partial charge in [0.15, 0.2) is 0 Å². The first-order valence-corrected chi connectivity index (χ1v) is 8.97. The number of fused-ring (bicyclic) bond motifs is 2. The molecule has 0 radical (unpaired) electrons. The van der Waals surface area contributed by atoms with Gasteiger partial charge in [-0.3, -0.25) is 14.5 Å². The number of alkyl halides is 2. The van der Waals surface area contributed by atoms with E-state index in [2.05, 4.69) is 15.4 Å². The van der Waals surface area contributed by atoms with Gasteiger partial charge in [0.25, 0.3) is 5.91 Å². The fraction of sp³-hybridized carbons (Fsp3) is 0.250. The summed E-state index contributed by atoms with van der Waals surface area (Å²) < 4.78 is 29.4. The van der Waals surface area contributed by atoms with Crippen LogP contribution in [-0.2, 0) is 21.5 Å². The molecule has 0 unspecified atom stereocenters. The normalized spacial score (nSPS) is 20.2. The van der Waals surface area contributed by atoms with Crippen LogP contribution in [0.2, 0.25) is 0 Å². The van der Waals surface area contributed by atoms with Crippen LogP contribution in [0, 0.1) is 0 Å². The molecular formula is C20H17F2N3O4. The lowest BCUT2D eigenvalue weighted by Crippen LogP contribution is -2.43. The van der Waals surface area contributed by atoms with Gasteiger partial charge in [0.2, 0.25) is 5.91 Å². The Bertz CT molecular complexity index is 997. The number of halogens is 2. The minimum atomic E-state index is -3.05. The van der Waals surface area contributed by atoms with Crippen molar-refractivity contribution in [3.05, 3.63) is 59.7 Å². The van der Waals surface area contributed by atoms with Crippen LogP contribution in [0.1, 0.15) is 17.5 Å². The number of ether oxygens (including phenoxy) is 1. The van der Waals surface area contributed by atoms with E-state index in [0.717, 1.165) is 16.0 Å². The molecule has 1 atom stereocenters. The molecule has 1 heterocycles. The van der Waals surface area contributed by atoms with Crippen molar-refractivity contribution in [2.45, 2.75) is 25.0 Å². The second-order valence-corrected chi connectivity index (χ2v) is 6.81. The summed E-state index contributed by atoms with van der Waals surface area (Å²) in [5, 5.41) is 5.14. The van der Waals surface area contributed by atoms with Crippen molar-refractivity contribution in [3.8, 4) is 5.75 Å². The van der Waals surface area contributed by atoms with Gasteiger partial charge in [0.05, 0.1) is 5.69 Å². The van der Waals surface area contributed by atoms with Crippen LogP contribution in [0.3, 0.4) is 0 Å². The Hall–Kier alpha value is -3.49. The Morgan fingerprint density at radius 1 is 1.17 bits per heavy atom. The van der Waals surface area contributed by atoms with Crippen LogP contribution in [0.15, 0.2) is 48.5 Å². The summed E-state index contributed by atoms with van der Waals surface area (Å²) >= 11 is 0. The first-order chi connectivity index (χ1) is 13.9. The third-order valence-corrected chi connectivity index (χ3v) is 5.10. The highest BCUT2D eigenvalue weighted by atomic mass is 19.3. The monoisotopic (exact) mass is 401 g/mol. The highest BCUT2D eigenvalue weighted by Gasteiger charge is 2.55. The number of aryl methyl sites for hydroxylation is 1. The average Bonchev–Trinajstić information content (AvgIpc) is 3.17. The predicted octanol–water partition coefficient (Wildman–Crippen LogP) is 2.62. The summed E-state index contributed by atoms with van der Waals surface area (Å²) in [4.78, 5) is 38.7. The number of benzene rings is 2. The molecule has 0 bridgehead atoms. The van der Waals surface area contributed by atoms with E-state index in [4.69, 9.17) is 0 Å². The topological polar surface area (TPSA) is 87.7 Å². The Balaban J connectivity index is 1.50. The molecule has 0 aromatic heterocycles. The number of para-hydroxylation sites is 2. The molecule has 1 aliphatic heterocycles. The lowest BCUT2D eigenvalue weighted by Gasteiger charge is -2.22. The van der Waals surface area contributed by atoms with Gasteiger partial charge in [-0.1, -0.05) is 36.4 Å². The molecule has 1 saturated heterocycles. The van der Waals surface area contributed by atoms with E-state index >= 15 is 0 Å². The molecule has 1 aliphatic carbocycles. The summed E-state index contributed by atoms with van der Waals surface area (Å²) in [6.45, 7) is -3.60. The number of nitrogens with one attached hydrogen (secondary N) is 2. The summed E-state index contributed by atoms with van der Waals surface area (Å²) in [5.41, 5.74) is 0.568. The molecule has 0 saturated carbocycles. The number of hydrogen-bond acceptors (Lipinski definition) is 4. The Labute approximate surface area is 164 Å². The molecule has 2 aromatic rings. The van der Waals surface area contributed by atoms with Crippen molar-refractivity contribution in [1.29, 1.82) is 0 Å². The molecule has 2 N–H and O–H groups in total. The van der Waals surface area contributed by atoms with E-state index in [1.165, 1.54) is 24.3 Å². The average molecular weight is 401 g/mol. The number of amides is 4. The maximum atomic E-state index is 13.0. The smallest absolute Gasteiger partial charge is 0.387 e. The van der Waals surface area contributed by atoms with Crippen molar-refractivity contribution in [2.75, 3.05) is 11.9 Å². The van der Waals surface area contributed by atoms with Crippen molar-refractivity contribution in [1.82, 2.24) is 10.2 Å². The molecule has 1 fully saturated rings. The third-order valence-electron chi connectivity index (χ3n) is 5.10. The van der Waals surface area contributed by atoms with E-state index in [0.29, 0.717) is 12.8 Å². The molecular weight excluding hydrogens is 384 g/mol. The number of nitrogens with zero attached hydrogens (tertiary/aromatic N) is 1. The van der Waals surface area contributed by atoms with E-state index < -0.39 is 36.5 Å². The number of rotatable bonds is 5. The van der Waals surface area contributed by atoms with Crippen LogP contribution >= 0.6 is 0 Å². The quantitative estimate of drug-likeness (QED) is 0.754. The zero-order valence-electron chi connectivity index (χ0n) is 15.2. The zero-order valence-corrected chi connectivity index (χ0v) is 15.2. The number of carbonyl (C=O) groups is 3. The SMILES string of the molecule is O=C(CN1C(=O)N[C@@]2(CCc3ccccc32)C1=O)Nc1ccccc1OC(F)F. The number of urea groups is 1. The maximum Gasteiger partial charge on any atom is 0.387 e. The molecule has 9 heteroatoms. The third kappa shape index (κ3) is 3.28. The van der Waals surface area contributed by atoms with Crippen LogP contribution in [0.5, 0.6) is 5.75 Å². The van der Waals surface area contributed by atoms with Gasteiger partial charge in [0.1, 0.15) is 17.8 Å². The summed E-state index contributed by atoms with van der Waals surface area (Å²) in [7, 11) is 0. The zero-order chi connectivity index (χ0) is 20.6. The lowest BCUT2D eigenvalue weighted by molar-refractivity contribution is -0.134. The molecule has 1 spiro atoms. The van der Waals surface area contributed by atoms with Crippen molar-refractivity contribution < 1.29 is 27.9 Å². The first kappa shape index (κ1) is 18.9. The predicted molar refractivity (Wildman–Crippen MR) is 98.4 cm³/mol. The lowest BCUT2D eigenvalue weighted by atomic mass is 9.92. The largest absolute Gasteiger partial charge is 0.433 e. The van der Waals surface area contributed by atoms with Crippen LogP contribution in [0.4, 0.5) is 19.3 Å². The second-order valence-electron chi connectivity index (χ2n) is 6.81. The van der Waals surface area contributed by atoms with Gasteiger partial charge >= 0.3 is 12.6 Å². The van der Waals surface area contributed by atoms with E-state index in [1.807, 2.05) is 12.1 Å². The maximum absolute atomic E-state index is 13.0. The van der Waals surface area contributed by atoms with Gasteiger partial charge in [-0.25, -0.2) is 4.79 Å². The van der Waals surface area contributed by atoms with Gasteiger partial charge in [-0.2, -0.15) is 8.78 Å². The summed E-state index contributed by atoms with van der Waals surface area (Å²) in [6, 6.07) is 12.4. The minimum absolute atomic E-state index is 0.0192. The number of anilines is 1. The number of carbonyl (C=O) groups excluding carboxylic acids is 3. The van der Waals surface area contributed by atoms with Crippen molar-refractivity contribution in [3.63, 3.8) is 0 Å². The molecule has 2 aliphatic rings. The summed E-state index contributed by atoms with van der Waals surface area (Å²) in [5.74, 6) is -1.42. The van der Waals surface area contributed by atoms with Crippen LogP contribution in [-0.4, -0.2) is 35.9 Å². The first-order valence-electron chi connectivity index (χ1n) is 8.97. The highest BCUT2D eigenvalue weighted by molar-refractivity contribution is 6.11. The van der Waals surface area contributed by atoms with E-state index in [1.54, 1.807) is 12.1 Å². The Morgan fingerprint density at radius 3 is 2.69 bits per heavy atom. The van der Waals surface area contributed by atoms with E-state index in [9.17, 15) is 23.2 Å². The van der Waals surface area contributed by atoms with Gasteiger partial charge < -0.3 is 15.4 Å². The molecule has 2 aromatic carbocycles. The second kappa shape index (κ2) is 7.16. The molecule has 7 nitrogen and oxygen atoms in total. The van der Waals surface area contributed by atoms with Crippen molar-refractivity contribution >= 4 is 23.5 Å². The van der Waals surface area contributed by atoms with Crippen molar-refractivity contribution in [2.24, 2.45) is 0 Å². The Kier molecular flexibility index (Phi) is 4.65. The van der Waals surface area contributed by atoms with Crippen LogP contribution in [0.25, 0.3) is 0 Å². The van der Waals surface area contributed by atoms with E-state index in [-0.39, 0.29) is 11.4 Å². The number of imide groups is 1. The van der Waals surface area contributed by atoms with Gasteiger partial charge in [-0.15, -0.1) is 0 Å². The fourth-order valence-corrected chi connectivity index (χ4v) is 3.84. The number of hydrogen-bond donors (Lipinski definition) is 2. The molecule has 29 heavy (non-hydrogen) atoms. The van der Waals surface area contributed by atoms with Gasteiger partial charge in [0, 0.05) is 0 Å². The Morgan fingerprint density at radius 2 is 1.90 bits per heavy atom. The minimum Gasteiger partial charge on any atom is -0.433 e. The highest BCUT2D eigenvalue weighted by Crippen LogP contribution is 2.41. The summed E-state index contributed by atoms with van der Waals surface area (Å²) in [6.07, 6.45) is 1.06. The molecule has 4 rings (SSSR count). The van der Waals surface area contributed by atoms with Gasteiger partial charge in [-0.05, 0) is 36.1 Å². The standard InChI is InChI=1S/C20H17F2N3O4/c21-18(22)29-15-8-4-3-7-14(15)23-16(26)11-25-17(27)20(24-19(25)28)10-9-12-5-1-2-6-13(12)20/h1-8,18H,9-11H2,(H,23,26)(H,24,28)/t20-/m1/s1. The fourth-order valence-electron chi connectivity index (χ4n) is 3.84. The van der Waals surface area contributed by atoms with Crippen LogP contribution < -0.4 is 15.4 Å². The molecule has 4 amide bonds.